The van der Waals surface area contributed by atoms with Crippen LogP contribution in [0.1, 0.15) is 53.5 Å². The first-order chi connectivity index (χ1) is 17.7. The fourth-order valence-corrected chi connectivity index (χ4v) is 4.48. The quantitative estimate of drug-likeness (QED) is 0.260. The maximum Gasteiger partial charge on any atom is 0.336 e. The summed E-state index contributed by atoms with van der Waals surface area (Å²) in [5, 5.41) is 17.8. The third-order valence-electron chi connectivity index (χ3n) is 6.44. The van der Waals surface area contributed by atoms with Crippen molar-refractivity contribution in [3.8, 4) is 22.5 Å². The Labute approximate surface area is 216 Å². The molecule has 0 saturated heterocycles. The Balaban J connectivity index is 1.97. The highest BCUT2D eigenvalue weighted by Gasteiger charge is 2.23. The van der Waals surface area contributed by atoms with Crippen molar-refractivity contribution in [2.75, 3.05) is 25.5 Å². The molecule has 0 bridgehead atoms. The number of anilines is 1. The van der Waals surface area contributed by atoms with Gasteiger partial charge in [-0.2, -0.15) is 0 Å². The molecule has 192 valence electrons. The van der Waals surface area contributed by atoms with E-state index in [4.69, 9.17) is 4.42 Å². The maximum atomic E-state index is 12.8. The van der Waals surface area contributed by atoms with Crippen LogP contribution in [0.15, 0.2) is 57.9 Å². The number of amides is 1. The third kappa shape index (κ3) is 5.35. The van der Waals surface area contributed by atoms with E-state index in [-0.39, 0.29) is 11.5 Å². The minimum atomic E-state index is -1.10. The lowest BCUT2D eigenvalue weighted by atomic mass is 9.89. The van der Waals surface area contributed by atoms with Crippen LogP contribution >= 0.6 is 0 Å². The molecule has 0 atom stereocenters. The Morgan fingerprint density at radius 1 is 1.05 bits per heavy atom. The van der Waals surface area contributed by atoms with E-state index in [0.717, 1.165) is 39.5 Å². The summed E-state index contributed by atoms with van der Waals surface area (Å²) in [5.74, 6) is -0.317. The second-order valence-corrected chi connectivity index (χ2v) is 9.55. The van der Waals surface area contributed by atoms with Gasteiger partial charge in [0.1, 0.15) is 11.3 Å². The number of benzene rings is 3. The number of hydrogen-bond acceptors (Lipinski definition) is 5. The van der Waals surface area contributed by atoms with Crippen molar-refractivity contribution in [3.05, 3.63) is 70.6 Å². The molecule has 4 rings (SSSR count). The number of nitrogens with zero attached hydrogens (tertiary/aromatic N) is 1. The molecule has 0 fully saturated rings. The zero-order valence-corrected chi connectivity index (χ0v) is 21.9. The van der Waals surface area contributed by atoms with Crippen molar-refractivity contribution in [2.45, 2.75) is 34.1 Å². The van der Waals surface area contributed by atoms with Crippen molar-refractivity contribution >= 4 is 28.5 Å². The number of rotatable bonds is 8. The summed E-state index contributed by atoms with van der Waals surface area (Å²) in [6.45, 7) is 9.31. The molecule has 0 aromatic heterocycles. The fourth-order valence-electron chi connectivity index (χ4n) is 4.48. The molecule has 1 aliphatic heterocycles. The molecule has 1 amide bonds. The molecular formula is C30H33N3O4. The van der Waals surface area contributed by atoms with Crippen LogP contribution in [0.2, 0.25) is 0 Å². The molecule has 7 nitrogen and oxygen atoms in total. The van der Waals surface area contributed by atoms with E-state index >= 15 is 0 Å². The highest BCUT2D eigenvalue weighted by atomic mass is 16.4. The average Bonchev–Trinajstić information content (AvgIpc) is 2.87. The van der Waals surface area contributed by atoms with E-state index in [1.807, 2.05) is 51.2 Å². The fraction of sp³-hybridized carbons (Fsp3) is 0.300. The Kier molecular flexibility index (Phi) is 7.62. The Hall–Kier alpha value is -4.13. The van der Waals surface area contributed by atoms with Crippen LogP contribution < -0.4 is 16.0 Å². The molecule has 1 heterocycles. The highest BCUT2D eigenvalue weighted by molar-refractivity contribution is 6.09. The maximum absolute atomic E-state index is 12.8. The predicted octanol–water partition coefficient (Wildman–Crippen LogP) is 5.95. The van der Waals surface area contributed by atoms with Crippen molar-refractivity contribution < 1.29 is 19.1 Å². The van der Waals surface area contributed by atoms with Gasteiger partial charge in [-0.05, 0) is 67.6 Å². The summed E-state index contributed by atoms with van der Waals surface area (Å²) in [6, 6.07) is 14.5. The van der Waals surface area contributed by atoms with Crippen molar-refractivity contribution in [3.63, 3.8) is 0 Å². The van der Waals surface area contributed by atoms with Crippen LogP contribution in [0.3, 0.4) is 0 Å². The van der Waals surface area contributed by atoms with Crippen LogP contribution in [0.5, 0.6) is 0 Å². The number of fused-ring (bicyclic) bond motifs is 2. The van der Waals surface area contributed by atoms with Gasteiger partial charge in [0, 0.05) is 60.0 Å². The van der Waals surface area contributed by atoms with Gasteiger partial charge in [-0.3, -0.25) is 9.79 Å². The Bertz CT molecular complexity index is 1520. The van der Waals surface area contributed by atoms with Gasteiger partial charge >= 0.3 is 5.97 Å². The van der Waals surface area contributed by atoms with Gasteiger partial charge in [-0.25, -0.2) is 4.79 Å². The smallest absolute Gasteiger partial charge is 0.336 e. The van der Waals surface area contributed by atoms with Gasteiger partial charge < -0.3 is 20.2 Å². The molecule has 0 unspecified atom stereocenters. The van der Waals surface area contributed by atoms with Crippen LogP contribution in [0, 0.1) is 12.8 Å². The topological polar surface area (TPSA) is 104 Å². The van der Waals surface area contributed by atoms with Gasteiger partial charge in [-0.15, -0.1) is 0 Å². The molecule has 37 heavy (non-hydrogen) atoms. The van der Waals surface area contributed by atoms with Gasteiger partial charge in [0.15, 0.2) is 0 Å². The molecular weight excluding hydrogens is 466 g/mol. The molecule has 0 radical (unpaired) electrons. The average molecular weight is 500 g/mol. The van der Waals surface area contributed by atoms with Crippen molar-refractivity contribution in [1.29, 1.82) is 0 Å². The molecule has 0 saturated carbocycles. The summed E-state index contributed by atoms with van der Waals surface area (Å²) >= 11 is 0. The van der Waals surface area contributed by atoms with Crippen LogP contribution in [-0.4, -0.2) is 37.1 Å². The largest absolute Gasteiger partial charge is 0.478 e. The summed E-state index contributed by atoms with van der Waals surface area (Å²) in [4.78, 5) is 29.8. The zero-order valence-electron chi connectivity index (χ0n) is 21.9. The number of carbonyl (C=O) groups excluding carboxylic acids is 1. The van der Waals surface area contributed by atoms with Crippen molar-refractivity contribution in [1.82, 2.24) is 5.32 Å². The van der Waals surface area contributed by atoms with E-state index < -0.39 is 5.97 Å². The minimum absolute atomic E-state index is 0.0583. The first-order valence-corrected chi connectivity index (χ1v) is 12.6. The van der Waals surface area contributed by atoms with Crippen LogP contribution in [-0.2, 0) is 0 Å². The molecule has 1 aliphatic carbocycles. The van der Waals surface area contributed by atoms with Crippen LogP contribution in [0.25, 0.3) is 33.4 Å². The Morgan fingerprint density at radius 3 is 2.51 bits per heavy atom. The molecule has 2 aromatic carbocycles. The van der Waals surface area contributed by atoms with E-state index in [9.17, 15) is 14.7 Å². The monoisotopic (exact) mass is 499 g/mol. The Morgan fingerprint density at radius 2 is 1.84 bits per heavy atom. The zero-order chi connectivity index (χ0) is 26.7. The number of carboxylic acid groups (broad SMARTS) is 1. The van der Waals surface area contributed by atoms with E-state index in [0.29, 0.717) is 41.5 Å². The van der Waals surface area contributed by atoms with E-state index in [1.165, 1.54) is 6.07 Å². The lowest BCUT2D eigenvalue weighted by molar-refractivity contribution is 0.0697. The second kappa shape index (κ2) is 10.9. The predicted molar refractivity (Wildman–Crippen MR) is 147 cm³/mol. The molecule has 0 spiro atoms. The normalized spacial score (nSPS) is 11.9. The van der Waals surface area contributed by atoms with Crippen molar-refractivity contribution in [2.24, 2.45) is 10.9 Å². The molecule has 2 aliphatic rings. The van der Waals surface area contributed by atoms with Gasteiger partial charge in [0.25, 0.3) is 5.91 Å². The van der Waals surface area contributed by atoms with Gasteiger partial charge in [0.2, 0.25) is 0 Å². The highest BCUT2D eigenvalue weighted by Crippen LogP contribution is 2.42. The standard InChI is InChI=1S/C30H33N3O4/c1-6-32-25-16-27-24(13-18(25)4)28(22-10-8-20(31-5)15-26(22)37-27)21-9-7-19(14-23(21)30(35)36)29(34)33-12-11-17(2)3/h7-10,13-17,31H,6,11-12H2,1-5H3,(H,33,34)(H,35,36). The summed E-state index contributed by atoms with van der Waals surface area (Å²) in [6.07, 6.45) is 0.849. The number of carbonyl (C=O) groups is 2. The first-order valence-electron chi connectivity index (χ1n) is 12.6. The van der Waals surface area contributed by atoms with E-state index in [1.54, 1.807) is 12.1 Å². The second-order valence-electron chi connectivity index (χ2n) is 9.55. The number of nitrogens with one attached hydrogen (secondary N) is 2. The number of hydrogen-bond donors (Lipinski definition) is 3. The molecule has 2 aromatic rings. The van der Waals surface area contributed by atoms with Gasteiger partial charge in [0.05, 0.1) is 10.9 Å². The van der Waals surface area contributed by atoms with Gasteiger partial charge in [-0.1, -0.05) is 19.9 Å². The summed E-state index contributed by atoms with van der Waals surface area (Å²) in [7, 11) is 1.83. The van der Waals surface area contributed by atoms with Crippen LogP contribution in [0.4, 0.5) is 5.69 Å². The number of carboxylic acids is 1. The molecule has 7 heteroatoms. The molecule has 3 N–H and O–H groups in total. The SMILES string of the molecule is CCN=c1cc2oc3cc(NC)ccc3c(-c3ccc(C(=O)NCCC(C)C)cc3C(=O)O)c-2cc1C. The third-order valence-corrected chi connectivity index (χ3v) is 6.44. The van der Waals surface area contributed by atoms with E-state index in [2.05, 4.69) is 29.5 Å². The lowest BCUT2D eigenvalue weighted by Gasteiger charge is -2.19. The lowest BCUT2D eigenvalue weighted by Crippen LogP contribution is -2.25. The summed E-state index contributed by atoms with van der Waals surface area (Å²) in [5.41, 5.74) is 4.89. The number of aromatic carboxylic acids is 1. The summed E-state index contributed by atoms with van der Waals surface area (Å²) < 4.78 is 6.31. The minimum Gasteiger partial charge on any atom is -0.478 e. The first kappa shape index (κ1) is 25.9. The number of aryl methyl sites for hydroxylation is 1.